The van der Waals surface area contributed by atoms with Gasteiger partial charge in [0.25, 0.3) is 0 Å². The molecule has 21 heavy (non-hydrogen) atoms. The van der Waals surface area contributed by atoms with Crippen molar-refractivity contribution in [3.8, 4) is 0 Å². The van der Waals surface area contributed by atoms with E-state index in [-0.39, 0.29) is 12.1 Å². The van der Waals surface area contributed by atoms with Crippen LogP contribution >= 0.6 is 0 Å². The number of aryl methyl sites for hydroxylation is 1. The van der Waals surface area contributed by atoms with Crippen LogP contribution in [0.5, 0.6) is 0 Å². The van der Waals surface area contributed by atoms with Gasteiger partial charge in [0.2, 0.25) is 0 Å². The third kappa shape index (κ3) is 2.61. The van der Waals surface area contributed by atoms with E-state index in [1.807, 2.05) is 6.92 Å². The molecule has 1 heterocycles. The summed E-state index contributed by atoms with van der Waals surface area (Å²) < 4.78 is 1.70. The summed E-state index contributed by atoms with van der Waals surface area (Å²) in [5.41, 5.74) is 1.77. The van der Waals surface area contributed by atoms with Crippen LogP contribution < -0.4 is 5.69 Å². The summed E-state index contributed by atoms with van der Waals surface area (Å²) in [4.78, 5) is 27.2. The molecular weight excluding hydrogens is 268 g/mol. The van der Waals surface area contributed by atoms with Crippen molar-refractivity contribution in [2.24, 2.45) is 17.8 Å². The van der Waals surface area contributed by atoms with Gasteiger partial charge in [-0.25, -0.2) is 4.79 Å². The molecule has 5 heteroatoms. The van der Waals surface area contributed by atoms with E-state index in [0.717, 1.165) is 17.5 Å². The van der Waals surface area contributed by atoms with Gasteiger partial charge in [-0.2, -0.15) is 4.98 Å². The van der Waals surface area contributed by atoms with Crippen LogP contribution in [0.3, 0.4) is 0 Å². The molecule has 0 amide bonds. The van der Waals surface area contributed by atoms with Gasteiger partial charge in [-0.3, -0.25) is 9.36 Å². The van der Waals surface area contributed by atoms with E-state index in [1.54, 1.807) is 11.5 Å². The Morgan fingerprint density at radius 2 is 2.10 bits per heavy atom. The monoisotopic (exact) mass is 290 g/mol. The van der Waals surface area contributed by atoms with Crippen molar-refractivity contribution in [1.82, 2.24) is 9.55 Å². The lowest BCUT2D eigenvalue weighted by Crippen LogP contribution is -2.32. The minimum atomic E-state index is -0.881. The molecule has 3 rings (SSSR count). The molecule has 0 aromatic carbocycles. The molecule has 1 aromatic rings. The Morgan fingerprint density at radius 3 is 2.67 bits per heavy atom. The highest BCUT2D eigenvalue weighted by Crippen LogP contribution is 2.48. The fourth-order valence-corrected chi connectivity index (χ4v) is 4.30. The second kappa shape index (κ2) is 5.28. The zero-order valence-electron chi connectivity index (χ0n) is 12.6. The molecule has 2 aliphatic carbocycles. The maximum Gasteiger partial charge on any atom is 0.347 e. The maximum absolute atomic E-state index is 12.2. The lowest BCUT2D eigenvalue weighted by molar-refractivity contribution is -0.136. The molecule has 3 unspecified atom stereocenters. The molecule has 2 saturated carbocycles. The van der Waals surface area contributed by atoms with E-state index < -0.39 is 5.97 Å². The van der Waals surface area contributed by atoms with Gasteiger partial charge < -0.3 is 5.11 Å². The number of aromatic nitrogens is 2. The topological polar surface area (TPSA) is 72.2 Å². The number of rotatable bonds is 4. The number of aliphatic carboxylic acids is 1. The molecule has 1 aromatic heterocycles. The van der Waals surface area contributed by atoms with Crippen LogP contribution in [0.15, 0.2) is 4.79 Å². The fraction of sp³-hybridized carbons (Fsp3) is 0.688. The minimum absolute atomic E-state index is 0.0678. The first-order valence-corrected chi connectivity index (χ1v) is 7.74. The molecule has 0 spiro atoms. The number of fused-ring (bicyclic) bond motifs is 2. The SMILES string of the molecule is Cc1nc(=O)n(CC2CC3CCC2C3)c(C)c1CC(=O)O. The molecule has 2 fully saturated rings. The third-order valence-electron chi connectivity index (χ3n) is 5.40. The summed E-state index contributed by atoms with van der Waals surface area (Å²) >= 11 is 0. The molecule has 2 aliphatic rings. The van der Waals surface area contributed by atoms with E-state index >= 15 is 0 Å². The van der Waals surface area contributed by atoms with Crippen LogP contribution in [0.25, 0.3) is 0 Å². The zero-order valence-corrected chi connectivity index (χ0v) is 12.6. The minimum Gasteiger partial charge on any atom is -0.481 e. The number of carboxylic acid groups (broad SMARTS) is 1. The molecule has 2 bridgehead atoms. The first kappa shape index (κ1) is 14.3. The first-order valence-electron chi connectivity index (χ1n) is 7.74. The quantitative estimate of drug-likeness (QED) is 0.919. The number of carboxylic acids is 1. The zero-order chi connectivity index (χ0) is 15.1. The van der Waals surface area contributed by atoms with Crippen LogP contribution in [0.4, 0.5) is 0 Å². The number of nitrogens with zero attached hydrogens (tertiary/aromatic N) is 2. The van der Waals surface area contributed by atoms with Gasteiger partial charge in [0, 0.05) is 23.5 Å². The van der Waals surface area contributed by atoms with Gasteiger partial charge in [-0.15, -0.1) is 0 Å². The summed E-state index contributed by atoms with van der Waals surface area (Å²) in [5, 5.41) is 9.03. The summed E-state index contributed by atoms with van der Waals surface area (Å²) in [6.07, 6.45) is 5.07. The van der Waals surface area contributed by atoms with E-state index in [4.69, 9.17) is 5.11 Å². The van der Waals surface area contributed by atoms with Crippen LogP contribution in [0.2, 0.25) is 0 Å². The van der Waals surface area contributed by atoms with E-state index in [0.29, 0.717) is 23.7 Å². The number of hydrogen-bond donors (Lipinski definition) is 1. The van der Waals surface area contributed by atoms with Crippen molar-refractivity contribution in [2.75, 3.05) is 0 Å². The third-order valence-corrected chi connectivity index (χ3v) is 5.40. The highest BCUT2D eigenvalue weighted by Gasteiger charge is 2.39. The Morgan fingerprint density at radius 1 is 1.33 bits per heavy atom. The second-order valence-corrected chi connectivity index (χ2v) is 6.66. The largest absolute Gasteiger partial charge is 0.481 e. The molecule has 114 valence electrons. The van der Waals surface area contributed by atoms with Gasteiger partial charge in [0.15, 0.2) is 0 Å². The van der Waals surface area contributed by atoms with Crippen molar-refractivity contribution in [1.29, 1.82) is 0 Å². The average Bonchev–Trinajstić information content (AvgIpc) is 3.01. The van der Waals surface area contributed by atoms with Crippen LogP contribution in [-0.2, 0) is 17.8 Å². The van der Waals surface area contributed by atoms with Crippen LogP contribution in [0, 0.1) is 31.6 Å². The molecule has 1 N–H and O–H groups in total. The first-order chi connectivity index (χ1) is 9.95. The van der Waals surface area contributed by atoms with Crippen LogP contribution in [0.1, 0.15) is 42.6 Å². The lowest BCUT2D eigenvalue weighted by Gasteiger charge is -2.24. The van der Waals surface area contributed by atoms with Crippen molar-refractivity contribution in [2.45, 2.75) is 52.5 Å². The van der Waals surface area contributed by atoms with Crippen molar-refractivity contribution in [3.63, 3.8) is 0 Å². The second-order valence-electron chi connectivity index (χ2n) is 6.66. The lowest BCUT2D eigenvalue weighted by atomic mass is 9.88. The van der Waals surface area contributed by atoms with E-state index in [1.165, 1.54) is 25.7 Å². The molecule has 0 radical (unpaired) electrons. The summed E-state index contributed by atoms with van der Waals surface area (Å²) in [7, 11) is 0. The Labute approximate surface area is 124 Å². The molecule has 0 aliphatic heterocycles. The van der Waals surface area contributed by atoms with Gasteiger partial charge in [-0.1, -0.05) is 6.42 Å². The number of hydrogen-bond acceptors (Lipinski definition) is 3. The average molecular weight is 290 g/mol. The highest BCUT2D eigenvalue weighted by atomic mass is 16.4. The van der Waals surface area contributed by atoms with Crippen molar-refractivity contribution >= 4 is 5.97 Å². The molecule has 5 nitrogen and oxygen atoms in total. The van der Waals surface area contributed by atoms with Gasteiger partial charge in [0.1, 0.15) is 0 Å². The summed E-state index contributed by atoms with van der Waals surface area (Å²) in [5.74, 6) is 1.26. The summed E-state index contributed by atoms with van der Waals surface area (Å²) in [6, 6.07) is 0. The van der Waals surface area contributed by atoms with Gasteiger partial charge >= 0.3 is 11.7 Å². The molecular formula is C16H22N2O3. The Hall–Kier alpha value is -1.65. The normalized spacial score (nSPS) is 27.2. The fourth-order valence-electron chi connectivity index (χ4n) is 4.30. The van der Waals surface area contributed by atoms with Gasteiger partial charge in [0.05, 0.1) is 6.42 Å². The molecule has 3 atom stereocenters. The standard InChI is InChI=1S/C16H22N2O3/c1-9-14(7-15(19)20)10(2)18(16(21)17-9)8-13-6-11-3-4-12(13)5-11/h11-13H,3-8H2,1-2H3,(H,19,20). The van der Waals surface area contributed by atoms with E-state index in [9.17, 15) is 9.59 Å². The smallest absolute Gasteiger partial charge is 0.347 e. The molecule has 0 saturated heterocycles. The van der Waals surface area contributed by atoms with Crippen molar-refractivity contribution in [3.05, 3.63) is 27.4 Å². The number of carbonyl (C=O) groups is 1. The Kier molecular flexibility index (Phi) is 3.59. The predicted octanol–water partition coefficient (Wildman–Crippen LogP) is 1.92. The van der Waals surface area contributed by atoms with E-state index in [2.05, 4.69) is 4.98 Å². The highest BCUT2D eigenvalue weighted by molar-refractivity contribution is 5.70. The van der Waals surface area contributed by atoms with Crippen molar-refractivity contribution < 1.29 is 9.90 Å². The maximum atomic E-state index is 12.2. The van der Waals surface area contributed by atoms with Gasteiger partial charge in [-0.05, 0) is 50.9 Å². The Bertz CT molecular complexity index is 635. The predicted molar refractivity (Wildman–Crippen MR) is 78.2 cm³/mol. The summed E-state index contributed by atoms with van der Waals surface area (Å²) in [6.45, 7) is 4.27. The van der Waals surface area contributed by atoms with Crippen LogP contribution in [-0.4, -0.2) is 20.6 Å². The Balaban J connectivity index is 1.91.